The van der Waals surface area contributed by atoms with Crippen molar-refractivity contribution in [3.05, 3.63) is 43.0 Å². The van der Waals surface area contributed by atoms with Crippen LogP contribution in [0.5, 0.6) is 5.75 Å². The molecular formula is C12H7BrCl2F3NO3S2. The molecule has 1 aromatic carbocycles. The minimum Gasteiger partial charge on any atom is -0.405 e. The van der Waals surface area contributed by atoms with Gasteiger partial charge >= 0.3 is 6.36 Å². The first-order valence-corrected chi connectivity index (χ1v) is 9.83. The SMILES string of the molecule is O=S(=O)(NCc1ccccc1OC(F)(F)F)c1c(Cl)sc(Cl)c1Br. The van der Waals surface area contributed by atoms with Crippen LogP contribution >= 0.6 is 50.5 Å². The summed E-state index contributed by atoms with van der Waals surface area (Å²) >= 11 is 15.5. The first-order chi connectivity index (χ1) is 11.0. The summed E-state index contributed by atoms with van der Waals surface area (Å²) in [5, 5.41) is 0. The largest absolute Gasteiger partial charge is 0.573 e. The molecule has 0 aliphatic heterocycles. The number of thiophene rings is 1. The van der Waals surface area contributed by atoms with Crippen LogP contribution in [-0.4, -0.2) is 14.8 Å². The van der Waals surface area contributed by atoms with Crippen molar-refractivity contribution in [2.45, 2.75) is 17.8 Å². The number of alkyl halides is 3. The minimum atomic E-state index is -4.89. The summed E-state index contributed by atoms with van der Waals surface area (Å²) in [5.41, 5.74) is 0.00646. The highest BCUT2D eigenvalue weighted by molar-refractivity contribution is 9.10. The first-order valence-electron chi connectivity index (χ1n) is 5.98. The van der Waals surface area contributed by atoms with E-state index >= 15 is 0 Å². The molecule has 0 saturated carbocycles. The van der Waals surface area contributed by atoms with Gasteiger partial charge in [0.05, 0.1) is 4.47 Å². The van der Waals surface area contributed by atoms with Gasteiger partial charge in [-0.1, -0.05) is 41.4 Å². The van der Waals surface area contributed by atoms with E-state index in [9.17, 15) is 21.6 Å². The van der Waals surface area contributed by atoms with Crippen LogP contribution in [0.1, 0.15) is 5.56 Å². The van der Waals surface area contributed by atoms with Gasteiger partial charge in [-0.25, -0.2) is 13.1 Å². The van der Waals surface area contributed by atoms with Crippen LogP contribution in [0, 0.1) is 0 Å². The lowest BCUT2D eigenvalue weighted by molar-refractivity contribution is -0.274. The third kappa shape index (κ3) is 4.77. The van der Waals surface area contributed by atoms with Crippen LogP contribution in [-0.2, 0) is 16.6 Å². The summed E-state index contributed by atoms with van der Waals surface area (Å²) in [6.45, 7) is -0.426. The standard InChI is InChI=1S/C12H7BrCl2F3NO3S2/c13-8-9(11(15)23-10(8)14)24(20,21)19-5-6-3-1-2-4-7(6)22-12(16,17)18/h1-4,19H,5H2. The van der Waals surface area contributed by atoms with Gasteiger partial charge < -0.3 is 4.74 Å². The number of halogens is 6. The topological polar surface area (TPSA) is 55.4 Å². The van der Waals surface area contributed by atoms with Gasteiger partial charge in [0.2, 0.25) is 10.0 Å². The Labute approximate surface area is 157 Å². The first kappa shape index (κ1) is 19.8. The molecule has 0 aliphatic carbocycles. The van der Waals surface area contributed by atoms with Gasteiger partial charge in [-0.2, -0.15) is 0 Å². The van der Waals surface area contributed by atoms with Crippen LogP contribution in [0.4, 0.5) is 13.2 Å². The summed E-state index contributed by atoms with van der Waals surface area (Å²) in [7, 11) is -4.10. The van der Waals surface area contributed by atoms with Gasteiger partial charge in [-0.3, -0.25) is 0 Å². The second kappa shape index (κ2) is 7.38. The van der Waals surface area contributed by atoms with Crippen molar-refractivity contribution < 1.29 is 26.3 Å². The molecule has 0 atom stereocenters. The number of nitrogens with one attached hydrogen (secondary N) is 1. The number of benzene rings is 1. The molecular weight excluding hydrogens is 478 g/mol. The molecule has 0 saturated heterocycles. The van der Waals surface area contributed by atoms with Crippen LogP contribution in [0.2, 0.25) is 8.67 Å². The van der Waals surface area contributed by atoms with Crippen LogP contribution in [0.25, 0.3) is 0 Å². The van der Waals surface area contributed by atoms with Gasteiger partial charge in [0.25, 0.3) is 0 Å². The molecule has 0 radical (unpaired) electrons. The van der Waals surface area contributed by atoms with Gasteiger partial charge in [0.15, 0.2) is 0 Å². The number of rotatable bonds is 5. The molecule has 0 aliphatic rings. The highest BCUT2D eigenvalue weighted by Crippen LogP contribution is 2.42. The van der Waals surface area contributed by atoms with Crippen molar-refractivity contribution in [1.29, 1.82) is 0 Å². The summed E-state index contributed by atoms with van der Waals surface area (Å²) < 4.78 is 67.9. The molecule has 0 unspecified atom stereocenters. The van der Waals surface area contributed by atoms with E-state index in [1.165, 1.54) is 18.2 Å². The van der Waals surface area contributed by atoms with Crippen LogP contribution in [0.3, 0.4) is 0 Å². The van der Waals surface area contributed by atoms with E-state index in [0.717, 1.165) is 17.4 Å². The fourth-order valence-electron chi connectivity index (χ4n) is 1.69. The lowest BCUT2D eigenvalue weighted by atomic mass is 10.2. The summed E-state index contributed by atoms with van der Waals surface area (Å²) in [6.07, 6.45) is -4.89. The summed E-state index contributed by atoms with van der Waals surface area (Å²) in [5.74, 6) is -0.499. The van der Waals surface area contributed by atoms with E-state index in [4.69, 9.17) is 23.2 Å². The minimum absolute atomic E-state index is 0.00646. The van der Waals surface area contributed by atoms with E-state index in [0.29, 0.717) is 0 Å². The van der Waals surface area contributed by atoms with Gasteiger partial charge in [0.1, 0.15) is 19.3 Å². The van der Waals surface area contributed by atoms with E-state index in [1.807, 2.05) is 0 Å². The predicted molar refractivity (Wildman–Crippen MR) is 89.2 cm³/mol. The molecule has 12 heteroatoms. The molecule has 2 rings (SSSR count). The number of hydrogen-bond acceptors (Lipinski definition) is 4. The maximum absolute atomic E-state index is 12.4. The molecule has 0 bridgehead atoms. The second-order valence-electron chi connectivity index (χ2n) is 4.27. The molecule has 24 heavy (non-hydrogen) atoms. The third-order valence-corrected chi connectivity index (χ3v) is 7.51. The fraction of sp³-hybridized carbons (Fsp3) is 0.167. The quantitative estimate of drug-likeness (QED) is 0.635. The monoisotopic (exact) mass is 483 g/mol. The van der Waals surface area contributed by atoms with E-state index < -0.39 is 28.7 Å². The summed E-state index contributed by atoms with van der Waals surface area (Å²) in [6, 6.07) is 5.19. The van der Waals surface area contributed by atoms with E-state index in [1.54, 1.807) is 0 Å². The van der Waals surface area contributed by atoms with Crippen molar-refractivity contribution in [2.24, 2.45) is 0 Å². The molecule has 2 aromatic rings. The fourth-order valence-corrected chi connectivity index (χ4v) is 6.25. The molecule has 1 aromatic heterocycles. The van der Waals surface area contributed by atoms with Crippen molar-refractivity contribution >= 4 is 60.5 Å². The highest BCUT2D eigenvalue weighted by atomic mass is 79.9. The van der Waals surface area contributed by atoms with E-state index in [-0.39, 0.29) is 23.6 Å². The zero-order chi connectivity index (χ0) is 18.1. The Kier molecular flexibility index (Phi) is 6.09. The highest BCUT2D eigenvalue weighted by Gasteiger charge is 2.32. The zero-order valence-corrected chi connectivity index (χ0v) is 16.1. The van der Waals surface area contributed by atoms with Crippen molar-refractivity contribution in [1.82, 2.24) is 4.72 Å². The summed E-state index contributed by atoms with van der Waals surface area (Å²) in [4.78, 5) is -0.270. The average Bonchev–Trinajstić information content (AvgIpc) is 2.70. The average molecular weight is 485 g/mol. The third-order valence-electron chi connectivity index (χ3n) is 2.65. The molecule has 132 valence electrons. The number of sulfonamides is 1. The lowest BCUT2D eigenvalue weighted by Crippen LogP contribution is -2.25. The van der Waals surface area contributed by atoms with Crippen molar-refractivity contribution in [3.63, 3.8) is 0 Å². The molecule has 4 nitrogen and oxygen atoms in total. The predicted octanol–water partition coefficient (Wildman–Crippen LogP) is 5.19. The lowest BCUT2D eigenvalue weighted by Gasteiger charge is -2.13. The number of ether oxygens (including phenoxy) is 1. The number of hydrogen-bond donors (Lipinski definition) is 1. The number of para-hydroxylation sites is 1. The Balaban J connectivity index is 2.25. The van der Waals surface area contributed by atoms with Crippen LogP contribution < -0.4 is 9.46 Å². The van der Waals surface area contributed by atoms with Crippen molar-refractivity contribution in [2.75, 3.05) is 0 Å². The molecule has 0 amide bonds. The maximum Gasteiger partial charge on any atom is 0.573 e. The van der Waals surface area contributed by atoms with Crippen molar-refractivity contribution in [3.8, 4) is 5.75 Å². The Morgan fingerprint density at radius 3 is 2.38 bits per heavy atom. The normalized spacial score (nSPS) is 12.4. The zero-order valence-electron chi connectivity index (χ0n) is 11.3. The van der Waals surface area contributed by atoms with E-state index in [2.05, 4.69) is 25.4 Å². The van der Waals surface area contributed by atoms with Gasteiger partial charge in [-0.05, 0) is 22.0 Å². The Bertz CT molecular complexity index is 856. The van der Waals surface area contributed by atoms with Gasteiger partial charge in [0, 0.05) is 12.1 Å². The van der Waals surface area contributed by atoms with Crippen LogP contribution in [0.15, 0.2) is 33.6 Å². The van der Waals surface area contributed by atoms with Gasteiger partial charge in [-0.15, -0.1) is 24.5 Å². The smallest absolute Gasteiger partial charge is 0.405 e. The molecule has 0 fully saturated rings. The maximum atomic E-state index is 12.4. The Morgan fingerprint density at radius 2 is 1.83 bits per heavy atom. The second-order valence-corrected chi connectivity index (χ2v) is 8.99. The molecule has 1 N–H and O–H groups in total. The Morgan fingerprint density at radius 1 is 1.21 bits per heavy atom. The molecule has 1 heterocycles. The molecule has 0 spiro atoms. The Hall–Kier alpha value is -0.520.